The second-order valence-corrected chi connectivity index (χ2v) is 5.05. The molecule has 1 saturated heterocycles. The molecule has 5 nitrogen and oxygen atoms in total. The van der Waals surface area contributed by atoms with E-state index in [1.807, 2.05) is 36.1 Å². The number of urea groups is 1. The Labute approximate surface area is 119 Å². The summed E-state index contributed by atoms with van der Waals surface area (Å²) in [6.07, 6.45) is 0.811. The Morgan fingerprint density at radius 3 is 2.25 bits per heavy atom. The number of rotatable bonds is 1. The van der Waals surface area contributed by atoms with Gasteiger partial charge >= 0.3 is 6.03 Å². The lowest BCUT2D eigenvalue weighted by Crippen LogP contribution is -2.41. The molecule has 0 unspecified atom stereocenters. The lowest BCUT2D eigenvalue weighted by Gasteiger charge is -2.22. The van der Waals surface area contributed by atoms with Gasteiger partial charge in [0.1, 0.15) is 0 Å². The number of hydrogen-bond donors (Lipinski definition) is 1. The Kier molecular flexibility index (Phi) is 4.61. The average molecular weight is 275 g/mol. The quantitative estimate of drug-likeness (QED) is 0.844. The molecule has 3 amide bonds. The van der Waals surface area contributed by atoms with Crippen LogP contribution in [0.2, 0.25) is 0 Å². The highest BCUT2D eigenvalue weighted by atomic mass is 16.2. The molecule has 1 aromatic rings. The molecule has 0 spiro atoms. The van der Waals surface area contributed by atoms with Gasteiger partial charge in [0.25, 0.3) is 5.91 Å². The molecule has 0 atom stereocenters. The summed E-state index contributed by atoms with van der Waals surface area (Å²) in [6.45, 7) is 4.55. The van der Waals surface area contributed by atoms with E-state index in [0.717, 1.165) is 12.0 Å². The van der Waals surface area contributed by atoms with Gasteiger partial charge in [-0.2, -0.15) is 0 Å². The summed E-state index contributed by atoms with van der Waals surface area (Å²) < 4.78 is 0. The van der Waals surface area contributed by atoms with Gasteiger partial charge in [0.2, 0.25) is 0 Å². The lowest BCUT2D eigenvalue weighted by atomic mass is 10.1. The van der Waals surface area contributed by atoms with E-state index >= 15 is 0 Å². The number of nitrogens with one attached hydrogen (secondary N) is 1. The van der Waals surface area contributed by atoms with Gasteiger partial charge in [0.05, 0.1) is 0 Å². The summed E-state index contributed by atoms with van der Waals surface area (Å²) in [4.78, 5) is 27.6. The molecule has 0 bridgehead atoms. The summed E-state index contributed by atoms with van der Waals surface area (Å²) >= 11 is 0. The van der Waals surface area contributed by atoms with E-state index in [9.17, 15) is 9.59 Å². The minimum Gasteiger partial charge on any atom is -0.341 e. The highest BCUT2D eigenvalue weighted by molar-refractivity contribution is 5.94. The Morgan fingerprint density at radius 2 is 1.60 bits per heavy atom. The average Bonchev–Trinajstić information content (AvgIpc) is 2.72. The van der Waals surface area contributed by atoms with Crippen LogP contribution in [-0.2, 0) is 0 Å². The molecule has 1 aliphatic rings. The van der Waals surface area contributed by atoms with Crippen LogP contribution < -0.4 is 5.32 Å². The molecule has 1 fully saturated rings. The number of aryl methyl sites for hydroxylation is 1. The zero-order valence-electron chi connectivity index (χ0n) is 12.1. The smallest absolute Gasteiger partial charge is 0.317 e. The largest absolute Gasteiger partial charge is 0.341 e. The van der Waals surface area contributed by atoms with Crippen molar-refractivity contribution in [3.63, 3.8) is 0 Å². The topological polar surface area (TPSA) is 52.7 Å². The Morgan fingerprint density at radius 1 is 1.00 bits per heavy atom. The molecule has 2 rings (SSSR count). The molecular formula is C15H21N3O2. The summed E-state index contributed by atoms with van der Waals surface area (Å²) in [6, 6.07) is 7.54. The fourth-order valence-corrected chi connectivity index (χ4v) is 2.36. The van der Waals surface area contributed by atoms with Crippen LogP contribution in [0.25, 0.3) is 0 Å². The molecule has 1 N–H and O–H groups in total. The third-order valence-corrected chi connectivity index (χ3v) is 3.58. The van der Waals surface area contributed by atoms with E-state index in [0.29, 0.717) is 31.7 Å². The second-order valence-electron chi connectivity index (χ2n) is 5.05. The van der Waals surface area contributed by atoms with Gasteiger partial charge in [-0.05, 0) is 25.5 Å². The second kappa shape index (κ2) is 6.41. The van der Waals surface area contributed by atoms with Crippen LogP contribution in [0.4, 0.5) is 4.79 Å². The molecule has 1 aliphatic heterocycles. The van der Waals surface area contributed by atoms with Crippen molar-refractivity contribution >= 4 is 11.9 Å². The first-order chi connectivity index (χ1) is 9.61. The van der Waals surface area contributed by atoms with Crippen molar-refractivity contribution < 1.29 is 9.59 Å². The molecule has 20 heavy (non-hydrogen) atoms. The molecule has 0 radical (unpaired) electrons. The zero-order valence-corrected chi connectivity index (χ0v) is 12.1. The third kappa shape index (κ3) is 3.29. The van der Waals surface area contributed by atoms with E-state index in [2.05, 4.69) is 5.32 Å². The molecule has 5 heteroatoms. The van der Waals surface area contributed by atoms with Crippen molar-refractivity contribution in [1.29, 1.82) is 0 Å². The maximum atomic E-state index is 12.4. The maximum Gasteiger partial charge on any atom is 0.317 e. The van der Waals surface area contributed by atoms with Crippen molar-refractivity contribution in [2.45, 2.75) is 13.3 Å². The van der Waals surface area contributed by atoms with Gasteiger partial charge in [-0.1, -0.05) is 17.7 Å². The minimum atomic E-state index is -0.0744. The van der Waals surface area contributed by atoms with E-state index in [1.54, 1.807) is 11.9 Å². The van der Waals surface area contributed by atoms with E-state index < -0.39 is 0 Å². The fourth-order valence-electron chi connectivity index (χ4n) is 2.36. The van der Waals surface area contributed by atoms with E-state index in [-0.39, 0.29) is 11.9 Å². The number of carbonyl (C=O) groups is 2. The van der Waals surface area contributed by atoms with Crippen molar-refractivity contribution in [2.75, 3.05) is 33.2 Å². The van der Waals surface area contributed by atoms with Crippen LogP contribution in [0.5, 0.6) is 0 Å². The van der Waals surface area contributed by atoms with Crippen LogP contribution in [-0.4, -0.2) is 55.0 Å². The van der Waals surface area contributed by atoms with E-state index in [4.69, 9.17) is 0 Å². The monoisotopic (exact) mass is 275 g/mol. The third-order valence-electron chi connectivity index (χ3n) is 3.58. The Balaban J connectivity index is 2.01. The Bertz CT molecular complexity index is 484. The van der Waals surface area contributed by atoms with E-state index in [1.165, 1.54) is 0 Å². The molecule has 108 valence electrons. The summed E-state index contributed by atoms with van der Waals surface area (Å²) in [5.41, 5.74) is 1.85. The van der Waals surface area contributed by atoms with Crippen molar-refractivity contribution in [2.24, 2.45) is 0 Å². The van der Waals surface area contributed by atoms with Gasteiger partial charge in [0.15, 0.2) is 0 Å². The number of benzene rings is 1. The minimum absolute atomic E-state index is 0.0451. The van der Waals surface area contributed by atoms with Crippen molar-refractivity contribution in [1.82, 2.24) is 15.1 Å². The fraction of sp³-hybridized carbons (Fsp3) is 0.467. The van der Waals surface area contributed by atoms with Crippen LogP contribution in [0, 0.1) is 6.92 Å². The normalized spacial score (nSPS) is 15.7. The molecule has 1 heterocycles. The van der Waals surface area contributed by atoms with Crippen molar-refractivity contribution in [3.8, 4) is 0 Å². The first kappa shape index (κ1) is 14.4. The summed E-state index contributed by atoms with van der Waals surface area (Å²) in [5, 5.41) is 2.63. The summed E-state index contributed by atoms with van der Waals surface area (Å²) in [5.74, 6) is 0.0451. The SMILES string of the molecule is CNC(=O)N1CCCN(C(=O)c2ccc(C)cc2)CC1. The molecule has 0 aliphatic carbocycles. The molecular weight excluding hydrogens is 254 g/mol. The number of hydrogen-bond acceptors (Lipinski definition) is 2. The molecule has 1 aromatic carbocycles. The van der Waals surface area contributed by atoms with Crippen LogP contribution in [0.3, 0.4) is 0 Å². The van der Waals surface area contributed by atoms with Gasteiger partial charge in [-0.15, -0.1) is 0 Å². The number of amides is 3. The summed E-state index contributed by atoms with van der Waals surface area (Å²) in [7, 11) is 1.63. The van der Waals surface area contributed by atoms with Crippen LogP contribution >= 0.6 is 0 Å². The molecule has 0 aromatic heterocycles. The Hall–Kier alpha value is -2.04. The van der Waals surface area contributed by atoms with Crippen LogP contribution in [0.1, 0.15) is 22.3 Å². The lowest BCUT2D eigenvalue weighted by molar-refractivity contribution is 0.0762. The first-order valence-electron chi connectivity index (χ1n) is 6.94. The number of nitrogens with zero attached hydrogens (tertiary/aromatic N) is 2. The predicted octanol–water partition coefficient (Wildman–Crippen LogP) is 1.48. The molecule has 0 saturated carbocycles. The van der Waals surface area contributed by atoms with Gasteiger partial charge in [-0.3, -0.25) is 4.79 Å². The van der Waals surface area contributed by atoms with Gasteiger partial charge < -0.3 is 15.1 Å². The predicted molar refractivity (Wildman–Crippen MR) is 77.7 cm³/mol. The zero-order chi connectivity index (χ0) is 14.5. The van der Waals surface area contributed by atoms with Gasteiger partial charge in [0, 0.05) is 38.8 Å². The maximum absolute atomic E-state index is 12.4. The number of carbonyl (C=O) groups excluding carboxylic acids is 2. The van der Waals surface area contributed by atoms with Crippen molar-refractivity contribution in [3.05, 3.63) is 35.4 Å². The highest BCUT2D eigenvalue weighted by Gasteiger charge is 2.22. The van der Waals surface area contributed by atoms with Gasteiger partial charge in [-0.25, -0.2) is 4.79 Å². The van der Waals surface area contributed by atoms with Crippen LogP contribution in [0.15, 0.2) is 24.3 Å². The highest BCUT2D eigenvalue weighted by Crippen LogP contribution is 2.10. The standard InChI is InChI=1S/C15H21N3O2/c1-12-4-6-13(7-5-12)14(19)17-8-3-9-18(11-10-17)15(20)16-2/h4-7H,3,8-11H2,1-2H3,(H,16,20). The first-order valence-corrected chi connectivity index (χ1v) is 6.94.